The van der Waals surface area contributed by atoms with Crippen molar-refractivity contribution in [3.8, 4) is 0 Å². The molecule has 0 aliphatic carbocycles. The van der Waals surface area contributed by atoms with Gasteiger partial charge in [-0.25, -0.2) is 4.98 Å². The third-order valence-electron chi connectivity index (χ3n) is 2.73. The number of rotatable bonds is 7. The number of hydrogen-bond donors (Lipinski definition) is 2. The van der Waals surface area contributed by atoms with E-state index >= 15 is 0 Å². The fourth-order valence-corrected chi connectivity index (χ4v) is 2.57. The Morgan fingerprint density at radius 3 is 3.11 bits per heavy atom. The highest BCUT2D eigenvalue weighted by molar-refractivity contribution is 7.09. The summed E-state index contributed by atoms with van der Waals surface area (Å²) in [7, 11) is 0. The van der Waals surface area contributed by atoms with E-state index in [-0.39, 0.29) is 6.61 Å². The normalized spacial score (nSPS) is 12.8. The van der Waals surface area contributed by atoms with Crippen LogP contribution in [0.15, 0.2) is 24.0 Å². The second-order valence-corrected chi connectivity index (χ2v) is 4.97. The van der Waals surface area contributed by atoms with Crippen molar-refractivity contribution >= 4 is 11.3 Å². The van der Waals surface area contributed by atoms with Crippen molar-refractivity contribution in [1.82, 2.24) is 20.1 Å². The number of aliphatic hydroxyl groups excluding tert-OH is 1. The molecule has 0 aliphatic rings. The Hall–Kier alpha value is -1.24. The lowest BCUT2D eigenvalue weighted by atomic mass is 10.2. The molecule has 0 spiro atoms. The standard InChI is InChI=1S/C12H18N4OS/c1-2-11(12-13-3-6-18-12)14-7-10-8-15-16(9-10)4-5-17/h3,6,8-9,11,14,17H,2,4-5,7H2,1H3. The Morgan fingerprint density at radius 2 is 2.44 bits per heavy atom. The molecule has 2 rings (SSSR count). The summed E-state index contributed by atoms with van der Waals surface area (Å²) < 4.78 is 1.75. The molecule has 2 aromatic rings. The summed E-state index contributed by atoms with van der Waals surface area (Å²) >= 11 is 1.68. The monoisotopic (exact) mass is 266 g/mol. The van der Waals surface area contributed by atoms with Crippen LogP contribution in [-0.2, 0) is 13.1 Å². The molecule has 0 saturated carbocycles. The van der Waals surface area contributed by atoms with Crippen LogP contribution in [-0.4, -0.2) is 26.5 Å². The van der Waals surface area contributed by atoms with Crippen molar-refractivity contribution in [2.45, 2.75) is 32.5 Å². The summed E-state index contributed by atoms with van der Waals surface area (Å²) in [6.07, 6.45) is 6.64. The molecule has 0 aliphatic heterocycles. The molecule has 2 aromatic heterocycles. The lowest BCUT2D eigenvalue weighted by Gasteiger charge is -2.13. The SMILES string of the molecule is CCC(NCc1cnn(CCO)c1)c1nccs1. The zero-order valence-corrected chi connectivity index (χ0v) is 11.2. The number of aliphatic hydroxyl groups is 1. The van der Waals surface area contributed by atoms with E-state index in [0.717, 1.165) is 23.5 Å². The van der Waals surface area contributed by atoms with Crippen molar-refractivity contribution in [3.63, 3.8) is 0 Å². The van der Waals surface area contributed by atoms with Crippen molar-refractivity contribution < 1.29 is 5.11 Å². The molecule has 2 heterocycles. The molecule has 2 N–H and O–H groups in total. The molecule has 1 atom stereocenters. The predicted molar refractivity (Wildman–Crippen MR) is 71.3 cm³/mol. The molecular weight excluding hydrogens is 248 g/mol. The summed E-state index contributed by atoms with van der Waals surface area (Å²) in [6, 6.07) is 0.297. The molecule has 0 fully saturated rings. The molecule has 6 heteroatoms. The minimum Gasteiger partial charge on any atom is -0.394 e. The Morgan fingerprint density at radius 1 is 1.56 bits per heavy atom. The van der Waals surface area contributed by atoms with Gasteiger partial charge < -0.3 is 10.4 Å². The smallest absolute Gasteiger partial charge is 0.109 e. The molecule has 1 unspecified atom stereocenters. The third kappa shape index (κ3) is 3.38. The van der Waals surface area contributed by atoms with E-state index in [1.165, 1.54) is 0 Å². The van der Waals surface area contributed by atoms with Crippen molar-refractivity contribution in [2.24, 2.45) is 0 Å². The van der Waals surface area contributed by atoms with Gasteiger partial charge in [0, 0.05) is 29.9 Å². The summed E-state index contributed by atoms with van der Waals surface area (Å²) in [5.41, 5.74) is 1.12. The van der Waals surface area contributed by atoms with Gasteiger partial charge in [-0.05, 0) is 6.42 Å². The fourth-order valence-electron chi connectivity index (χ4n) is 1.78. The van der Waals surface area contributed by atoms with Crippen LogP contribution >= 0.6 is 11.3 Å². The molecule has 0 radical (unpaired) electrons. The molecule has 5 nitrogen and oxygen atoms in total. The van der Waals surface area contributed by atoms with Gasteiger partial charge in [0.15, 0.2) is 0 Å². The van der Waals surface area contributed by atoms with Crippen LogP contribution in [0.3, 0.4) is 0 Å². The summed E-state index contributed by atoms with van der Waals surface area (Å²) in [5.74, 6) is 0. The number of nitrogens with one attached hydrogen (secondary N) is 1. The van der Waals surface area contributed by atoms with E-state index in [2.05, 4.69) is 22.3 Å². The summed E-state index contributed by atoms with van der Waals surface area (Å²) in [4.78, 5) is 4.34. The van der Waals surface area contributed by atoms with Gasteiger partial charge in [0.25, 0.3) is 0 Å². The Labute approximate surface area is 110 Å². The molecule has 0 bridgehead atoms. The Kier molecular flexibility index (Phi) is 4.86. The van der Waals surface area contributed by atoms with Gasteiger partial charge in [0.1, 0.15) is 5.01 Å². The third-order valence-corrected chi connectivity index (χ3v) is 3.62. The van der Waals surface area contributed by atoms with Crippen molar-refractivity contribution in [2.75, 3.05) is 6.61 Å². The first-order valence-corrected chi connectivity index (χ1v) is 6.96. The first-order valence-electron chi connectivity index (χ1n) is 6.08. The van der Waals surface area contributed by atoms with Crippen molar-refractivity contribution in [3.05, 3.63) is 34.5 Å². The Bertz CT molecular complexity index is 454. The van der Waals surface area contributed by atoms with Gasteiger partial charge in [0.05, 0.1) is 25.4 Å². The average molecular weight is 266 g/mol. The van der Waals surface area contributed by atoms with Crippen LogP contribution < -0.4 is 5.32 Å². The van der Waals surface area contributed by atoms with Crippen LogP contribution in [0.5, 0.6) is 0 Å². The second kappa shape index (κ2) is 6.63. The number of hydrogen-bond acceptors (Lipinski definition) is 5. The van der Waals surface area contributed by atoms with Gasteiger partial charge in [-0.2, -0.15) is 5.10 Å². The predicted octanol–water partition coefficient (Wildman–Crippen LogP) is 1.57. The average Bonchev–Trinajstić information content (AvgIpc) is 3.02. The van der Waals surface area contributed by atoms with E-state index < -0.39 is 0 Å². The summed E-state index contributed by atoms with van der Waals surface area (Å²) in [6.45, 7) is 3.58. The zero-order chi connectivity index (χ0) is 12.8. The van der Waals surface area contributed by atoms with E-state index in [4.69, 9.17) is 5.11 Å². The van der Waals surface area contributed by atoms with E-state index in [1.807, 2.05) is 24.0 Å². The van der Waals surface area contributed by atoms with Crippen LogP contribution in [0.4, 0.5) is 0 Å². The van der Waals surface area contributed by atoms with Crippen LogP contribution in [0, 0.1) is 0 Å². The molecular formula is C12H18N4OS. The zero-order valence-electron chi connectivity index (χ0n) is 10.4. The minimum absolute atomic E-state index is 0.116. The molecule has 0 aromatic carbocycles. The summed E-state index contributed by atoms with van der Waals surface area (Å²) in [5, 5.41) is 19.6. The largest absolute Gasteiger partial charge is 0.394 e. The van der Waals surface area contributed by atoms with Crippen molar-refractivity contribution in [1.29, 1.82) is 0 Å². The van der Waals surface area contributed by atoms with Crippen LogP contribution in [0.2, 0.25) is 0 Å². The number of aromatic nitrogens is 3. The van der Waals surface area contributed by atoms with Crippen LogP contribution in [0.1, 0.15) is 30.0 Å². The lowest BCUT2D eigenvalue weighted by Crippen LogP contribution is -2.19. The highest BCUT2D eigenvalue weighted by Crippen LogP contribution is 2.19. The molecule has 0 amide bonds. The van der Waals surface area contributed by atoms with Crippen LogP contribution in [0.25, 0.3) is 0 Å². The first-order chi connectivity index (χ1) is 8.83. The van der Waals surface area contributed by atoms with E-state index in [0.29, 0.717) is 12.6 Å². The molecule has 98 valence electrons. The second-order valence-electron chi connectivity index (χ2n) is 4.05. The highest BCUT2D eigenvalue weighted by Gasteiger charge is 2.11. The number of nitrogens with zero attached hydrogens (tertiary/aromatic N) is 3. The van der Waals surface area contributed by atoms with Gasteiger partial charge in [-0.1, -0.05) is 6.92 Å². The topological polar surface area (TPSA) is 63.0 Å². The van der Waals surface area contributed by atoms with Gasteiger partial charge in [-0.3, -0.25) is 4.68 Å². The first kappa shape index (κ1) is 13.2. The van der Waals surface area contributed by atoms with Gasteiger partial charge in [-0.15, -0.1) is 11.3 Å². The Balaban J connectivity index is 1.89. The maximum atomic E-state index is 8.83. The highest BCUT2D eigenvalue weighted by atomic mass is 32.1. The minimum atomic E-state index is 0.116. The molecule has 18 heavy (non-hydrogen) atoms. The lowest BCUT2D eigenvalue weighted by molar-refractivity contribution is 0.269. The van der Waals surface area contributed by atoms with E-state index in [9.17, 15) is 0 Å². The molecule has 0 saturated heterocycles. The van der Waals surface area contributed by atoms with E-state index in [1.54, 1.807) is 16.0 Å². The fraction of sp³-hybridized carbons (Fsp3) is 0.500. The maximum absolute atomic E-state index is 8.83. The van der Waals surface area contributed by atoms with Gasteiger partial charge >= 0.3 is 0 Å². The number of thiazole rings is 1. The van der Waals surface area contributed by atoms with Gasteiger partial charge in [0.2, 0.25) is 0 Å². The maximum Gasteiger partial charge on any atom is 0.109 e. The quantitative estimate of drug-likeness (QED) is 0.798.